The fourth-order valence-electron chi connectivity index (χ4n) is 3.45. The lowest BCUT2D eigenvalue weighted by Crippen LogP contribution is -2.42. The number of rotatable bonds is 4. The van der Waals surface area contributed by atoms with Crippen LogP contribution >= 0.6 is 11.8 Å². The summed E-state index contributed by atoms with van der Waals surface area (Å²) in [5.41, 5.74) is 3.14. The van der Waals surface area contributed by atoms with Crippen LogP contribution in [-0.2, 0) is 0 Å². The minimum Gasteiger partial charge on any atom is -0.271 e. The van der Waals surface area contributed by atoms with Crippen molar-refractivity contribution in [2.75, 3.05) is 11.5 Å². The molecule has 2 nitrogen and oxygen atoms in total. The second-order valence-corrected chi connectivity index (χ2v) is 7.04. The van der Waals surface area contributed by atoms with Crippen LogP contribution in [0.4, 0.5) is 0 Å². The molecule has 0 radical (unpaired) electrons. The van der Waals surface area contributed by atoms with Gasteiger partial charge in [-0.2, -0.15) is 11.8 Å². The van der Waals surface area contributed by atoms with Crippen LogP contribution in [0.1, 0.15) is 57.8 Å². The molecule has 3 heteroatoms. The van der Waals surface area contributed by atoms with Gasteiger partial charge in [-0.25, -0.2) is 0 Å². The van der Waals surface area contributed by atoms with Gasteiger partial charge in [-0.1, -0.05) is 25.7 Å². The Kier molecular flexibility index (Phi) is 6.16. The number of nitrogens with one attached hydrogen (secondary N) is 1. The van der Waals surface area contributed by atoms with Crippen LogP contribution in [0.25, 0.3) is 0 Å². The van der Waals surface area contributed by atoms with Gasteiger partial charge in [0.2, 0.25) is 0 Å². The molecule has 0 bridgehead atoms. The van der Waals surface area contributed by atoms with E-state index >= 15 is 0 Å². The number of hydrazine groups is 1. The van der Waals surface area contributed by atoms with E-state index in [1.165, 1.54) is 69.3 Å². The van der Waals surface area contributed by atoms with Gasteiger partial charge in [0.1, 0.15) is 0 Å². The lowest BCUT2D eigenvalue weighted by molar-refractivity contribution is 0.263. The zero-order valence-corrected chi connectivity index (χ0v) is 11.8. The second-order valence-electron chi connectivity index (χ2n) is 5.82. The first kappa shape index (κ1) is 13.7. The second kappa shape index (κ2) is 7.65. The third kappa shape index (κ3) is 4.46. The Bertz CT molecular complexity index is 196. The fraction of sp³-hybridized carbons (Fsp3) is 1.00. The molecule has 1 heterocycles. The summed E-state index contributed by atoms with van der Waals surface area (Å²) in [6, 6.07) is 0.584. The molecule has 2 aliphatic rings. The normalized spacial score (nSPS) is 26.6. The maximum Gasteiger partial charge on any atom is 0.0241 e. The van der Waals surface area contributed by atoms with E-state index in [0.29, 0.717) is 6.04 Å². The molecule has 1 unspecified atom stereocenters. The fourth-order valence-corrected chi connectivity index (χ4v) is 4.66. The van der Waals surface area contributed by atoms with Gasteiger partial charge in [-0.15, -0.1) is 0 Å². The summed E-state index contributed by atoms with van der Waals surface area (Å²) in [6.07, 6.45) is 12.7. The monoisotopic (exact) mass is 256 g/mol. The molecule has 0 spiro atoms. The van der Waals surface area contributed by atoms with Gasteiger partial charge < -0.3 is 0 Å². The molecule has 2 fully saturated rings. The van der Waals surface area contributed by atoms with Gasteiger partial charge in [0, 0.05) is 6.04 Å². The Balaban J connectivity index is 1.81. The molecule has 0 aromatic carbocycles. The maximum absolute atomic E-state index is 5.82. The van der Waals surface area contributed by atoms with Crippen molar-refractivity contribution in [2.45, 2.75) is 63.8 Å². The van der Waals surface area contributed by atoms with Crippen molar-refractivity contribution >= 4 is 11.8 Å². The van der Waals surface area contributed by atoms with Gasteiger partial charge in [0.05, 0.1) is 0 Å². The first-order valence-corrected chi connectivity index (χ1v) is 8.59. The molecule has 3 N–H and O–H groups in total. The molecule has 1 atom stereocenters. The van der Waals surface area contributed by atoms with Gasteiger partial charge in [-0.3, -0.25) is 11.3 Å². The smallest absolute Gasteiger partial charge is 0.0241 e. The molecule has 1 saturated heterocycles. The molecule has 1 saturated carbocycles. The maximum atomic E-state index is 5.82. The molecule has 2 rings (SSSR count). The average molecular weight is 256 g/mol. The average Bonchev–Trinajstić information content (AvgIpc) is 2.66. The molecule has 0 aromatic heterocycles. The Labute approximate surface area is 110 Å². The standard InChI is InChI=1S/C14H28N2S/c15-16-14(11-12-7-9-17-10-8-12)13-5-3-1-2-4-6-13/h12-14,16H,1-11,15H2. The first-order valence-electron chi connectivity index (χ1n) is 7.44. The van der Waals surface area contributed by atoms with Crippen LogP contribution in [0.3, 0.4) is 0 Å². The van der Waals surface area contributed by atoms with Crippen molar-refractivity contribution in [3.63, 3.8) is 0 Å². The van der Waals surface area contributed by atoms with Crippen molar-refractivity contribution in [2.24, 2.45) is 17.7 Å². The van der Waals surface area contributed by atoms with E-state index in [-0.39, 0.29) is 0 Å². The molecular weight excluding hydrogens is 228 g/mol. The summed E-state index contributed by atoms with van der Waals surface area (Å²) < 4.78 is 0. The van der Waals surface area contributed by atoms with E-state index < -0.39 is 0 Å². The summed E-state index contributed by atoms with van der Waals surface area (Å²) in [5, 5.41) is 0. The minimum atomic E-state index is 0.584. The Hall–Kier alpha value is 0.270. The number of hydrogen-bond acceptors (Lipinski definition) is 3. The lowest BCUT2D eigenvalue weighted by atomic mass is 9.84. The summed E-state index contributed by atoms with van der Waals surface area (Å²) in [7, 11) is 0. The molecule has 1 aliphatic heterocycles. The van der Waals surface area contributed by atoms with Gasteiger partial charge >= 0.3 is 0 Å². The molecule has 0 aromatic rings. The molecule has 100 valence electrons. The first-order chi connectivity index (χ1) is 8.40. The zero-order chi connectivity index (χ0) is 11.9. The molecule has 0 amide bonds. The van der Waals surface area contributed by atoms with Crippen LogP contribution in [0.5, 0.6) is 0 Å². The predicted octanol–water partition coefficient (Wildman–Crippen LogP) is 3.32. The van der Waals surface area contributed by atoms with Crippen molar-refractivity contribution in [3.8, 4) is 0 Å². The largest absolute Gasteiger partial charge is 0.271 e. The van der Waals surface area contributed by atoms with Crippen molar-refractivity contribution in [3.05, 3.63) is 0 Å². The highest BCUT2D eigenvalue weighted by Crippen LogP contribution is 2.32. The summed E-state index contributed by atoms with van der Waals surface area (Å²) in [5.74, 6) is 10.3. The van der Waals surface area contributed by atoms with E-state index in [9.17, 15) is 0 Å². The van der Waals surface area contributed by atoms with Crippen LogP contribution in [0, 0.1) is 11.8 Å². The van der Waals surface area contributed by atoms with Crippen LogP contribution in [0.15, 0.2) is 0 Å². The molecular formula is C14H28N2S. The highest BCUT2D eigenvalue weighted by molar-refractivity contribution is 7.99. The number of nitrogens with two attached hydrogens (primary N) is 1. The minimum absolute atomic E-state index is 0.584. The Morgan fingerprint density at radius 3 is 2.24 bits per heavy atom. The quantitative estimate of drug-likeness (QED) is 0.460. The van der Waals surface area contributed by atoms with Gasteiger partial charge in [0.25, 0.3) is 0 Å². The zero-order valence-electron chi connectivity index (χ0n) is 11.0. The highest BCUT2D eigenvalue weighted by Gasteiger charge is 2.25. The molecule has 17 heavy (non-hydrogen) atoms. The van der Waals surface area contributed by atoms with Crippen molar-refractivity contribution in [1.29, 1.82) is 0 Å². The van der Waals surface area contributed by atoms with Crippen LogP contribution in [-0.4, -0.2) is 17.5 Å². The molecule has 1 aliphatic carbocycles. The Morgan fingerprint density at radius 1 is 1.00 bits per heavy atom. The van der Waals surface area contributed by atoms with Gasteiger partial charge in [-0.05, 0) is 55.4 Å². The summed E-state index contributed by atoms with van der Waals surface area (Å²) in [6.45, 7) is 0. The van der Waals surface area contributed by atoms with Crippen LogP contribution in [0.2, 0.25) is 0 Å². The Morgan fingerprint density at radius 2 is 1.65 bits per heavy atom. The van der Waals surface area contributed by atoms with Crippen molar-refractivity contribution < 1.29 is 0 Å². The SMILES string of the molecule is NNC(CC1CCSCC1)C1CCCCCC1. The third-order valence-electron chi connectivity index (χ3n) is 4.61. The van der Waals surface area contributed by atoms with E-state index in [2.05, 4.69) is 17.2 Å². The van der Waals surface area contributed by atoms with E-state index in [1.54, 1.807) is 0 Å². The summed E-state index contributed by atoms with van der Waals surface area (Å²) in [4.78, 5) is 0. The van der Waals surface area contributed by atoms with Gasteiger partial charge in [0.15, 0.2) is 0 Å². The predicted molar refractivity (Wildman–Crippen MR) is 77.0 cm³/mol. The third-order valence-corrected chi connectivity index (χ3v) is 5.66. The van der Waals surface area contributed by atoms with Crippen LogP contribution < -0.4 is 11.3 Å². The van der Waals surface area contributed by atoms with Crippen molar-refractivity contribution in [1.82, 2.24) is 5.43 Å². The highest BCUT2D eigenvalue weighted by atomic mass is 32.2. The van der Waals surface area contributed by atoms with E-state index in [4.69, 9.17) is 5.84 Å². The van der Waals surface area contributed by atoms with E-state index in [0.717, 1.165) is 11.8 Å². The summed E-state index contributed by atoms with van der Waals surface area (Å²) >= 11 is 2.12. The lowest BCUT2D eigenvalue weighted by Gasteiger charge is -2.31. The number of thioether (sulfide) groups is 1. The number of hydrogen-bond donors (Lipinski definition) is 2. The van der Waals surface area contributed by atoms with E-state index in [1.807, 2.05) is 0 Å². The topological polar surface area (TPSA) is 38.0 Å².